The van der Waals surface area contributed by atoms with Crippen LogP contribution < -0.4 is 5.32 Å². The van der Waals surface area contributed by atoms with E-state index in [0.717, 1.165) is 31.2 Å². The van der Waals surface area contributed by atoms with Crippen molar-refractivity contribution in [1.82, 2.24) is 5.32 Å². The summed E-state index contributed by atoms with van der Waals surface area (Å²) < 4.78 is 0. The Balaban J connectivity index is 1.59. The van der Waals surface area contributed by atoms with E-state index in [-0.39, 0.29) is 6.10 Å². The third-order valence-corrected chi connectivity index (χ3v) is 6.66. The first-order valence-electron chi connectivity index (χ1n) is 7.35. The van der Waals surface area contributed by atoms with E-state index in [4.69, 9.17) is 0 Å². The fourth-order valence-electron chi connectivity index (χ4n) is 4.69. The van der Waals surface area contributed by atoms with Crippen molar-refractivity contribution in [2.45, 2.75) is 65.0 Å². The molecule has 0 heterocycles. The van der Waals surface area contributed by atoms with Gasteiger partial charge in [-0.2, -0.15) is 0 Å². The van der Waals surface area contributed by atoms with Crippen LogP contribution in [0.15, 0.2) is 0 Å². The van der Waals surface area contributed by atoms with Crippen LogP contribution in [0.5, 0.6) is 0 Å². The van der Waals surface area contributed by atoms with Crippen molar-refractivity contribution in [2.75, 3.05) is 6.54 Å². The van der Waals surface area contributed by atoms with Crippen molar-refractivity contribution < 1.29 is 5.11 Å². The predicted octanol–water partition coefficient (Wildman–Crippen LogP) is 2.56. The van der Waals surface area contributed by atoms with Gasteiger partial charge in [-0.3, -0.25) is 0 Å². The van der Waals surface area contributed by atoms with Crippen LogP contribution in [0, 0.1) is 22.7 Å². The van der Waals surface area contributed by atoms with Crippen molar-refractivity contribution in [3.05, 3.63) is 0 Å². The molecule has 3 saturated carbocycles. The van der Waals surface area contributed by atoms with Gasteiger partial charge in [-0.25, -0.2) is 0 Å². The zero-order chi connectivity index (χ0) is 12.3. The number of aliphatic hydroxyl groups excluding tert-OH is 1. The Labute approximate surface area is 105 Å². The van der Waals surface area contributed by atoms with Crippen LogP contribution in [0.4, 0.5) is 0 Å². The van der Waals surface area contributed by atoms with E-state index in [9.17, 15) is 5.11 Å². The van der Waals surface area contributed by atoms with Crippen molar-refractivity contribution in [1.29, 1.82) is 0 Å². The Morgan fingerprint density at radius 3 is 2.35 bits per heavy atom. The molecule has 0 radical (unpaired) electrons. The Bertz CT molecular complexity index is 308. The van der Waals surface area contributed by atoms with Crippen LogP contribution in [0.25, 0.3) is 0 Å². The van der Waals surface area contributed by atoms with Gasteiger partial charge in [-0.15, -0.1) is 0 Å². The standard InChI is InChI=1S/C15H27NO/c1-14(2)11-4-5-15(14,3)13(8-11)16-9-10-6-12(17)7-10/h10-13,16-17H,4-9H2,1-3H3. The Morgan fingerprint density at radius 1 is 1.18 bits per heavy atom. The zero-order valence-corrected chi connectivity index (χ0v) is 11.5. The maximum Gasteiger partial charge on any atom is 0.0546 e. The van der Waals surface area contributed by atoms with Gasteiger partial charge in [0, 0.05) is 6.04 Å². The molecule has 2 nitrogen and oxygen atoms in total. The molecule has 0 saturated heterocycles. The minimum absolute atomic E-state index is 0.00569. The van der Waals surface area contributed by atoms with Crippen molar-refractivity contribution in [2.24, 2.45) is 22.7 Å². The quantitative estimate of drug-likeness (QED) is 0.790. The highest BCUT2D eigenvalue weighted by Crippen LogP contribution is 2.65. The molecule has 0 aromatic rings. The van der Waals surface area contributed by atoms with E-state index in [2.05, 4.69) is 26.1 Å². The number of hydrogen-bond donors (Lipinski definition) is 2. The topological polar surface area (TPSA) is 32.3 Å². The van der Waals surface area contributed by atoms with Gasteiger partial charge in [0.05, 0.1) is 6.10 Å². The smallest absolute Gasteiger partial charge is 0.0546 e. The van der Waals surface area contributed by atoms with Crippen LogP contribution in [0.3, 0.4) is 0 Å². The fraction of sp³-hybridized carbons (Fsp3) is 1.00. The lowest BCUT2D eigenvalue weighted by Crippen LogP contribution is -2.47. The Hall–Kier alpha value is -0.0800. The molecule has 0 amide bonds. The monoisotopic (exact) mass is 237 g/mol. The Kier molecular flexibility index (Phi) is 2.61. The molecule has 0 aliphatic heterocycles. The summed E-state index contributed by atoms with van der Waals surface area (Å²) in [6.45, 7) is 8.56. The van der Waals surface area contributed by atoms with Gasteiger partial charge < -0.3 is 10.4 Å². The summed E-state index contributed by atoms with van der Waals surface area (Å²) in [7, 11) is 0. The third-order valence-electron chi connectivity index (χ3n) is 6.66. The van der Waals surface area contributed by atoms with Crippen molar-refractivity contribution in [3.8, 4) is 0 Å². The average Bonchev–Trinajstić information content (AvgIpc) is 2.55. The van der Waals surface area contributed by atoms with Gasteiger partial charge in [0.1, 0.15) is 0 Å². The largest absolute Gasteiger partial charge is 0.393 e. The maximum atomic E-state index is 9.32. The molecule has 0 aromatic heterocycles. The number of rotatable bonds is 3. The molecule has 2 bridgehead atoms. The van der Waals surface area contributed by atoms with E-state index < -0.39 is 0 Å². The van der Waals surface area contributed by atoms with Gasteiger partial charge in [0.2, 0.25) is 0 Å². The second kappa shape index (κ2) is 3.71. The molecule has 98 valence electrons. The number of nitrogens with one attached hydrogen (secondary N) is 1. The first-order valence-corrected chi connectivity index (χ1v) is 7.35. The van der Waals surface area contributed by atoms with Gasteiger partial charge in [0.15, 0.2) is 0 Å². The van der Waals surface area contributed by atoms with E-state index in [1.807, 2.05) is 0 Å². The fourth-order valence-corrected chi connectivity index (χ4v) is 4.69. The first kappa shape index (κ1) is 12.0. The van der Waals surface area contributed by atoms with Crippen LogP contribution in [0.2, 0.25) is 0 Å². The molecule has 2 N–H and O–H groups in total. The van der Waals surface area contributed by atoms with Gasteiger partial charge in [-0.05, 0) is 61.3 Å². The minimum Gasteiger partial charge on any atom is -0.393 e. The lowest BCUT2D eigenvalue weighted by molar-refractivity contribution is 0.0368. The molecule has 3 unspecified atom stereocenters. The highest BCUT2D eigenvalue weighted by atomic mass is 16.3. The van der Waals surface area contributed by atoms with E-state index in [0.29, 0.717) is 16.9 Å². The predicted molar refractivity (Wildman–Crippen MR) is 69.8 cm³/mol. The van der Waals surface area contributed by atoms with Crippen LogP contribution in [-0.2, 0) is 0 Å². The summed E-state index contributed by atoms with van der Waals surface area (Å²) in [6, 6.07) is 0.717. The SMILES string of the molecule is CC1(C)C2CCC1(C)C(NCC1CC(O)C1)C2. The van der Waals surface area contributed by atoms with Gasteiger partial charge >= 0.3 is 0 Å². The van der Waals surface area contributed by atoms with Gasteiger partial charge in [-0.1, -0.05) is 20.8 Å². The average molecular weight is 237 g/mol. The zero-order valence-electron chi connectivity index (χ0n) is 11.5. The van der Waals surface area contributed by atoms with Crippen molar-refractivity contribution >= 4 is 0 Å². The number of aliphatic hydroxyl groups is 1. The molecule has 3 aliphatic rings. The minimum atomic E-state index is -0.00569. The van der Waals surface area contributed by atoms with E-state index in [1.165, 1.54) is 19.3 Å². The molecule has 3 rings (SSSR count). The maximum absolute atomic E-state index is 9.32. The lowest BCUT2D eigenvalue weighted by Gasteiger charge is -2.41. The molecule has 3 aliphatic carbocycles. The van der Waals surface area contributed by atoms with Crippen LogP contribution in [0.1, 0.15) is 52.9 Å². The molecular weight excluding hydrogens is 210 g/mol. The molecule has 17 heavy (non-hydrogen) atoms. The summed E-state index contributed by atoms with van der Waals surface area (Å²) in [5.74, 6) is 1.66. The lowest BCUT2D eigenvalue weighted by atomic mass is 9.69. The number of hydrogen-bond acceptors (Lipinski definition) is 2. The molecule has 3 fully saturated rings. The third kappa shape index (κ3) is 1.60. The van der Waals surface area contributed by atoms with E-state index >= 15 is 0 Å². The second-order valence-electron chi connectivity index (χ2n) is 7.56. The Morgan fingerprint density at radius 2 is 1.88 bits per heavy atom. The summed E-state index contributed by atoms with van der Waals surface area (Å²) in [5, 5.41) is 13.1. The highest BCUT2D eigenvalue weighted by molar-refractivity contribution is 5.13. The molecule has 0 spiro atoms. The van der Waals surface area contributed by atoms with Crippen molar-refractivity contribution in [3.63, 3.8) is 0 Å². The van der Waals surface area contributed by atoms with Gasteiger partial charge in [0.25, 0.3) is 0 Å². The molecule has 2 heteroatoms. The highest BCUT2D eigenvalue weighted by Gasteiger charge is 2.61. The normalized spacial score (nSPS) is 51.5. The molecule has 0 aromatic carbocycles. The van der Waals surface area contributed by atoms with Crippen LogP contribution >= 0.6 is 0 Å². The second-order valence-corrected chi connectivity index (χ2v) is 7.56. The first-order chi connectivity index (χ1) is 7.93. The summed E-state index contributed by atoms with van der Waals surface area (Å²) >= 11 is 0. The van der Waals surface area contributed by atoms with Crippen LogP contribution in [-0.4, -0.2) is 23.8 Å². The summed E-state index contributed by atoms with van der Waals surface area (Å²) in [5.41, 5.74) is 1.02. The van der Waals surface area contributed by atoms with E-state index in [1.54, 1.807) is 0 Å². The summed E-state index contributed by atoms with van der Waals surface area (Å²) in [6.07, 6.45) is 6.24. The molecular formula is C15H27NO. The summed E-state index contributed by atoms with van der Waals surface area (Å²) in [4.78, 5) is 0. The molecule has 3 atom stereocenters. The number of fused-ring (bicyclic) bond motifs is 2.